The fraction of sp³-hybridized carbons (Fsp3) is 0.600. The fourth-order valence-corrected chi connectivity index (χ4v) is 4.07. The summed E-state index contributed by atoms with van der Waals surface area (Å²) in [5, 5.41) is 12.3. The molecule has 8 heteroatoms. The Morgan fingerprint density at radius 3 is 2.61 bits per heavy atom. The van der Waals surface area contributed by atoms with Crippen molar-refractivity contribution in [2.45, 2.75) is 23.6 Å². The van der Waals surface area contributed by atoms with E-state index in [-0.39, 0.29) is 17.4 Å². The third-order valence-electron chi connectivity index (χ3n) is 2.42. The third kappa shape index (κ3) is 4.18. The Hall–Kier alpha value is -0.180. The van der Waals surface area contributed by atoms with E-state index in [1.807, 2.05) is 6.92 Å². The number of likely N-dealkylation sites (N-methyl/N-ethyl adjacent to an activating group) is 1. The highest BCUT2D eigenvalue weighted by atomic mass is 35.5. The van der Waals surface area contributed by atoms with Crippen molar-refractivity contribution < 1.29 is 13.5 Å². The SMILES string of the molecule is CCNC(C)(CO)CNS(=O)(=O)c1ccc(Cl)s1. The Labute approximate surface area is 116 Å². The first kappa shape index (κ1) is 15.9. The largest absolute Gasteiger partial charge is 0.394 e. The summed E-state index contributed by atoms with van der Waals surface area (Å²) in [5.74, 6) is 0. The minimum atomic E-state index is -3.57. The van der Waals surface area contributed by atoms with Crippen LogP contribution in [0.4, 0.5) is 0 Å². The van der Waals surface area contributed by atoms with E-state index in [9.17, 15) is 13.5 Å². The van der Waals surface area contributed by atoms with Crippen molar-refractivity contribution in [3.63, 3.8) is 0 Å². The molecule has 0 amide bonds. The van der Waals surface area contributed by atoms with Gasteiger partial charge in [0.1, 0.15) is 4.21 Å². The van der Waals surface area contributed by atoms with E-state index in [0.717, 1.165) is 11.3 Å². The maximum atomic E-state index is 11.9. The van der Waals surface area contributed by atoms with Crippen molar-refractivity contribution in [3.05, 3.63) is 16.5 Å². The molecule has 1 heterocycles. The molecule has 104 valence electrons. The summed E-state index contributed by atoms with van der Waals surface area (Å²) in [5.41, 5.74) is -0.678. The van der Waals surface area contributed by atoms with Gasteiger partial charge in [-0.05, 0) is 25.6 Å². The number of aliphatic hydroxyl groups excluding tert-OH is 1. The van der Waals surface area contributed by atoms with E-state index in [1.165, 1.54) is 12.1 Å². The van der Waals surface area contributed by atoms with E-state index in [1.54, 1.807) is 6.92 Å². The van der Waals surface area contributed by atoms with Crippen LogP contribution in [0.15, 0.2) is 16.3 Å². The summed E-state index contributed by atoms with van der Waals surface area (Å²) in [6, 6.07) is 3.00. The Kier molecular flexibility index (Phi) is 5.57. The van der Waals surface area contributed by atoms with Gasteiger partial charge in [0.25, 0.3) is 0 Å². The van der Waals surface area contributed by atoms with Crippen LogP contribution in [0.25, 0.3) is 0 Å². The van der Waals surface area contributed by atoms with E-state index >= 15 is 0 Å². The van der Waals surface area contributed by atoms with Gasteiger partial charge in [-0.15, -0.1) is 11.3 Å². The molecule has 1 aromatic heterocycles. The maximum Gasteiger partial charge on any atom is 0.250 e. The first-order chi connectivity index (χ1) is 8.33. The third-order valence-corrected chi connectivity index (χ3v) is 5.54. The van der Waals surface area contributed by atoms with Crippen LogP contribution in [0.2, 0.25) is 4.34 Å². The van der Waals surface area contributed by atoms with E-state index < -0.39 is 15.6 Å². The lowest BCUT2D eigenvalue weighted by atomic mass is 10.1. The second-order valence-electron chi connectivity index (χ2n) is 4.13. The van der Waals surface area contributed by atoms with Gasteiger partial charge in [-0.2, -0.15) is 0 Å². The Morgan fingerprint density at radius 1 is 1.50 bits per heavy atom. The number of thiophene rings is 1. The monoisotopic (exact) mass is 312 g/mol. The molecule has 0 spiro atoms. The number of hydrogen-bond acceptors (Lipinski definition) is 5. The zero-order valence-electron chi connectivity index (χ0n) is 10.2. The molecule has 0 saturated carbocycles. The van der Waals surface area contributed by atoms with Crippen LogP contribution >= 0.6 is 22.9 Å². The van der Waals surface area contributed by atoms with Gasteiger partial charge in [0.15, 0.2) is 0 Å². The lowest BCUT2D eigenvalue weighted by Gasteiger charge is -2.28. The zero-order valence-corrected chi connectivity index (χ0v) is 12.6. The van der Waals surface area contributed by atoms with Crippen LogP contribution in [-0.2, 0) is 10.0 Å². The van der Waals surface area contributed by atoms with Crippen molar-refractivity contribution in [1.82, 2.24) is 10.0 Å². The van der Waals surface area contributed by atoms with Crippen molar-refractivity contribution in [3.8, 4) is 0 Å². The average Bonchev–Trinajstić information content (AvgIpc) is 2.75. The molecule has 1 rings (SSSR count). The molecule has 0 radical (unpaired) electrons. The molecule has 3 N–H and O–H groups in total. The van der Waals surface area contributed by atoms with Crippen molar-refractivity contribution >= 4 is 33.0 Å². The maximum absolute atomic E-state index is 11.9. The second kappa shape index (κ2) is 6.31. The molecule has 0 aliphatic carbocycles. The quantitative estimate of drug-likeness (QED) is 0.703. The predicted molar refractivity (Wildman–Crippen MR) is 73.7 cm³/mol. The molecule has 0 aliphatic heterocycles. The van der Waals surface area contributed by atoms with Crippen molar-refractivity contribution in [1.29, 1.82) is 0 Å². The highest BCUT2D eigenvalue weighted by Crippen LogP contribution is 2.25. The van der Waals surface area contributed by atoms with Crippen LogP contribution in [0.5, 0.6) is 0 Å². The molecule has 1 unspecified atom stereocenters. The molecule has 0 aliphatic rings. The van der Waals surface area contributed by atoms with Gasteiger partial charge in [-0.3, -0.25) is 0 Å². The summed E-state index contributed by atoms with van der Waals surface area (Å²) in [6.45, 7) is 4.23. The molecular formula is C10H17ClN2O3S2. The summed E-state index contributed by atoms with van der Waals surface area (Å²) in [6.07, 6.45) is 0. The van der Waals surface area contributed by atoms with Gasteiger partial charge in [-0.1, -0.05) is 18.5 Å². The minimum absolute atomic E-state index is 0.106. The topological polar surface area (TPSA) is 78.4 Å². The van der Waals surface area contributed by atoms with Gasteiger partial charge in [0.2, 0.25) is 10.0 Å². The van der Waals surface area contributed by atoms with E-state index in [0.29, 0.717) is 10.9 Å². The predicted octanol–water partition coefficient (Wildman–Crippen LogP) is 1.04. The first-order valence-corrected chi connectivity index (χ1v) is 8.11. The minimum Gasteiger partial charge on any atom is -0.394 e. The molecule has 0 bridgehead atoms. The van der Waals surface area contributed by atoms with Crippen LogP contribution in [0, 0.1) is 0 Å². The van der Waals surface area contributed by atoms with Crippen molar-refractivity contribution in [2.24, 2.45) is 0 Å². The van der Waals surface area contributed by atoms with Crippen LogP contribution < -0.4 is 10.0 Å². The highest BCUT2D eigenvalue weighted by molar-refractivity contribution is 7.91. The molecule has 1 atom stereocenters. The standard InChI is InChI=1S/C10H17ClN2O3S2/c1-3-12-10(2,7-14)6-13-18(15,16)9-5-4-8(11)17-9/h4-5,12-14H,3,6-7H2,1-2H3. The normalized spacial score (nSPS) is 15.6. The summed E-state index contributed by atoms with van der Waals surface area (Å²) in [7, 11) is -3.57. The summed E-state index contributed by atoms with van der Waals surface area (Å²) < 4.78 is 26.9. The molecule has 18 heavy (non-hydrogen) atoms. The number of nitrogens with one attached hydrogen (secondary N) is 2. The Bertz CT molecular complexity index is 489. The Balaban J connectivity index is 2.73. The molecule has 1 aromatic rings. The second-order valence-corrected chi connectivity index (χ2v) is 7.84. The average molecular weight is 313 g/mol. The molecule has 0 fully saturated rings. The Morgan fingerprint density at radius 2 is 2.17 bits per heavy atom. The molecule has 0 saturated heterocycles. The fourth-order valence-electron chi connectivity index (χ4n) is 1.37. The lowest BCUT2D eigenvalue weighted by Crippen LogP contribution is -2.53. The van der Waals surface area contributed by atoms with E-state index in [2.05, 4.69) is 10.0 Å². The molecular weight excluding hydrogens is 296 g/mol. The summed E-state index contributed by atoms with van der Waals surface area (Å²) >= 11 is 6.71. The van der Waals surface area contributed by atoms with Crippen LogP contribution in [0.3, 0.4) is 0 Å². The van der Waals surface area contributed by atoms with Gasteiger partial charge in [-0.25, -0.2) is 13.1 Å². The lowest BCUT2D eigenvalue weighted by molar-refractivity contribution is 0.179. The molecule has 0 aromatic carbocycles. The highest BCUT2D eigenvalue weighted by Gasteiger charge is 2.25. The van der Waals surface area contributed by atoms with Crippen LogP contribution in [-0.4, -0.2) is 38.8 Å². The van der Waals surface area contributed by atoms with E-state index in [4.69, 9.17) is 11.6 Å². The van der Waals surface area contributed by atoms with Gasteiger partial charge in [0, 0.05) is 6.54 Å². The van der Waals surface area contributed by atoms with Gasteiger partial charge >= 0.3 is 0 Å². The smallest absolute Gasteiger partial charge is 0.250 e. The van der Waals surface area contributed by atoms with Crippen LogP contribution in [0.1, 0.15) is 13.8 Å². The number of aliphatic hydroxyl groups is 1. The zero-order chi connectivity index (χ0) is 13.8. The number of halogens is 1. The number of sulfonamides is 1. The molecule has 5 nitrogen and oxygen atoms in total. The number of hydrogen-bond donors (Lipinski definition) is 3. The van der Waals surface area contributed by atoms with Gasteiger partial charge in [0.05, 0.1) is 16.5 Å². The van der Waals surface area contributed by atoms with Crippen molar-refractivity contribution in [2.75, 3.05) is 19.7 Å². The number of rotatable bonds is 7. The van der Waals surface area contributed by atoms with Gasteiger partial charge < -0.3 is 10.4 Å². The first-order valence-electron chi connectivity index (χ1n) is 5.44. The summed E-state index contributed by atoms with van der Waals surface area (Å²) in [4.78, 5) is 0.